The zero-order chi connectivity index (χ0) is 28.8. The summed E-state index contributed by atoms with van der Waals surface area (Å²) < 4.78 is 21.4. The standard InChI is InChI=1S/C31H38Cl2FN3O3/c1-30(2,3)18-25-31(21-11-10-19(32)17-23(21)35-29(31)39)26(20-7-5-8-22(33)27(20)34)28(36(25)4)24(38)9-6-12-37-13-15-40-16-14-37/h5,7-8,10-11,17,25-26,28H,6,9,12-16,18H2,1-4H3,(H,35,39)/t25-,26+,28-,31+/m1/s1. The molecule has 6 nitrogen and oxygen atoms in total. The summed E-state index contributed by atoms with van der Waals surface area (Å²) in [6.45, 7) is 10.3. The van der Waals surface area contributed by atoms with E-state index in [-0.39, 0.29) is 28.2 Å². The van der Waals surface area contributed by atoms with E-state index >= 15 is 4.39 Å². The lowest BCUT2D eigenvalue weighted by Crippen LogP contribution is -2.50. The minimum atomic E-state index is -1.21. The van der Waals surface area contributed by atoms with Gasteiger partial charge in [0.1, 0.15) is 11.2 Å². The average Bonchev–Trinajstić information content (AvgIpc) is 3.31. The predicted octanol–water partition coefficient (Wildman–Crippen LogP) is 5.91. The largest absolute Gasteiger partial charge is 0.379 e. The molecular formula is C31H38Cl2FN3O3. The molecule has 0 unspecified atom stereocenters. The Bertz CT molecular complexity index is 1290. The second kappa shape index (κ2) is 11.3. The van der Waals surface area contributed by atoms with E-state index in [0.29, 0.717) is 48.7 Å². The summed E-state index contributed by atoms with van der Waals surface area (Å²) in [6.07, 6.45) is 1.64. The number of carbonyl (C=O) groups is 2. The number of ether oxygens (including phenoxy) is 1. The third-order valence-corrected chi connectivity index (χ3v) is 9.29. The number of anilines is 1. The second-order valence-corrected chi connectivity index (χ2v) is 13.4. The van der Waals surface area contributed by atoms with Crippen LogP contribution in [0.2, 0.25) is 10.0 Å². The van der Waals surface area contributed by atoms with Gasteiger partial charge in [-0.1, -0.05) is 62.2 Å². The molecule has 2 aromatic carbocycles. The van der Waals surface area contributed by atoms with Crippen LogP contribution in [0.25, 0.3) is 0 Å². The summed E-state index contributed by atoms with van der Waals surface area (Å²) >= 11 is 12.6. The zero-order valence-corrected chi connectivity index (χ0v) is 25.1. The number of benzene rings is 2. The van der Waals surface area contributed by atoms with E-state index in [1.807, 2.05) is 18.0 Å². The van der Waals surface area contributed by atoms with Crippen LogP contribution >= 0.6 is 23.2 Å². The van der Waals surface area contributed by atoms with Crippen LogP contribution in [0.15, 0.2) is 36.4 Å². The molecule has 0 aromatic heterocycles. The number of carbonyl (C=O) groups excluding carboxylic acids is 2. The Kier molecular flexibility index (Phi) is 8.35. The van der Waals surface area contributed by atoms with Crippen LogP contribution in [0, 0.1) is 11.2 Å². The molecule has 1 spiro atoms. The number of fused-ring (bicyclic) bond motifs is 2. The lowest BCUT2D eigenvalue weighted by atomic mass is 9.62. The van der Waals surface area contributed by atoms with Crippen LogP contribution in [0.1, 0.15) is 57.1 Å². The van der Waals surface area contributed by atoms with E-state index in [0.717, 1.165) is 25.2 Å². The fourth-order valence-corrected chi connectivity index (χ4v) is 7.45. The van der Waals surface area contributed by atoms with E-state index < -0.39 is 23.2 Å². The first-order valence-corrected chi connectivity index (χ1v) is 14.8. The number of rotatable bonds is 7. The topological polar surface area (TPSA) is 61.9 Å². The molecule has 2 aromatic rings. The van der Waals surface area contributed by atoms with Gasteiger partial charge < -0.3 is 10.1 Å². The van der Waals surface area contributed by atoms with Crippen LogP contribution in [-0.2, 0) is 19.7 Å². The van der Waals surface area contributed by atoms with Crippen LogP contribution < -0.4 is 5.32 Å². The normalized spacial score (nSPS) is 27.3. The molecule has 3 heterocycles. The van der Waals surface area contributed by atoms with Crippen molar-refractivity contribution in [2.75, 3.05) is 45.2 Å². The van der Waals surface area contributed by atoms with Gasteiger partial charge in [0, 0.05) is 42.2 Å². The van der Waals surface area contributed by atoms with Gasteiger partial charge in [-0.2, -0.15) is 0 Å². The van der Waals surface area contributed by atoms with Gasteiger partial charge in [-0.05, 0) is 61.2 Å². The number of nitrogens with one attached hydrogen (secondary N) is 1. The number of amides is 1. The smallest absolute Gasteiger partial charge is 0.237 e. The van der Waals surface area contributed by atoms with Crippen LogP contribution in [-0.4, -0.2) is 73.5 Å². The first kappa shape index (κ1) is 29.5. The number of morpholine rings is 1. The Morgan fingerprint density at radius 1 is 1.18 bits per heavy atom. The van der Waals surface area contributed by atoms with E-state index in [9.17, 15) is 9.59 Å². The van der Waals surface area contributed by atoms with Gasteiger partial charge in [0.2, 0.25) is 5.91 Å². The highest BCUT2D eigenvalue weighted by Crippen LogP contribution is 2.60. The number of likely N-dealkylation sites (tertiary alicyclic amines) is 1. The molecule has 3 aliphatic rings. The molecule has 3 aliphatic heterocycles. The minimum Gasteiger partial charge on any atom is -0.379 e. The lowest BCUT2D eigenvalue weighted by molar-refractivity contribution is -0.124. The number of hydrogen-bond acceptors (Lipinski definition) is 5. The van der Waals surface area contributed by atoms with Gasteiger partial charge in [0.15, 0.2) is 5.78 Å². The van der Waals surface area contributed by atoms with Crippen molar-refractivity contribution in [2.45, 2.75) is 63.5 Å². The highest BCUT2D eigenvalue weighted by Gasteiger charge is 2.68. The Morgan fingerprint density at radius 3 is 2.60 bits per heavy atom. The Hall–Kier alpha value is -2.03. The van der Waals surface area contributed by atoms with E-state index in [4.69, 9.17) is 27.9 Å². The van der Waals surface area contributed by atoms with Gasteiger partial charge in [0.05, 0.1) is 24.3 Å². The molecule has 0 saturated carbocycles. The number of hydrogen-bond donors (Lipinski definition) is 1. The highest BCUT2D eigenvalue weighted by atomic mass is 35.5. The van der Waals surface area contributed by atoms with Crippen molar-refractivity contribution in [2.24, 2.45) is 5.41 Å². The number of Topliss-reactive ketones (excluding diaryl/α,β-unsaturated/α-hetero) is 1. The molecule has 1 N–H and O–H groups in total. The fraction of sp³-hybridized carbons (Fsp3) is 0.548. The van der Waals surface area contributed by atoms with Crippen molar-refractivity contribution in [3.63, 3.8) is 0 Å². The molecule has 2 fully saturated rings. The predicted molar refractivity (Wildman–Crippen MR) is 157 cm³/mol. The van der Waals surface area contributed by atoms with E-state index in [1.54, 1.807) is 24.3 Å². The third kappa shape index (κ3) is 5.20. The molecule has 4 atom stereocenters. The SMILES string of the molecule is CN1[C@H](C(=O)CCCN2CCOCC2)[C@H](c2cccc(Cl)c2F)[C@@]2(C(=O)Nc3cc(Cl)ccc32)[C@H]1CC(C)(C)C. The average molecular weight is 591 g/mol. The Balaban J connectivity index is 1.63. The molecule has 0 aliphatic carbocycles. The van der Waals surface area contributed by atoms with Gasteiger partial charge in [0.25, 0.3) is 0 Å². The molecule has 9 heteroatoms. The van der Waals surface area contributed by atoms with Crippen LogP contribution in [0.4, 0.5) is 10.1 Å². The molecule has 0 bridgehead atoms. The van der Waals surface area contributed by atoms with Crippen molar-refractivity contribution in [1.29, 1.82) is 0 Å². The summed E-state index contributed by atoms with van der Waals surface area (Å²) in [6, 6.07) is 9.15. The van der Waals surface area contributed by atoms with Gasteiger partial charge in [-0.15, -0.1) is 0 Å². The maximum atomic E-state index is 15.9. The summed E-state index contributed by atoms with van der Waals surface area (Å²) in [4.78, 5) is 32.9. The number of nitrogens with zero attached hydrogens (tertiary/aromatic N) is 2. The van der Waals surface area contributed by atoms with Gasteiger partial charge in [-0.3, -0.25) is 19.4 Å². The van der Waals surface area contributed by atoms with E-state index in [1.165, 1.54) is 6.07 Å². The van der Waals surface area contributed by atoms with Gasteiger partial charge >= 0.3 is 0 Å². The molecule has 1 amide bonds. The molecule has 0 radical (unpaired) electrons. The fourth-order valence-electron chi connectivity index (χ4n) is 7.10. The molecule has 2 saturated heterocycles. The number of likely N-dealkylation sites (N-methyl/N-ethyl adjacent to an activating group) is 1. The van der Waals surface area contributed by atoms with Crippen molar-refractivity contribution in [3.8, 4) is 0 Å². The number of halogens is 3. The highest BCUT2D eigenvalue weighted by molar-refractivity contribution is 6.31. The third-order valence-electron chi connectivity index (χ3n) is 8.77. The van der Waals surface area contributed by atoms with E-state index in [2.05, 4.69) is 31.0 Å². The van der Waals surface area contributed by atoms with Crippen LogP contribution in [0.3, 0.4) is 0 Å². The zero-order valence-electron chi connectivity index (χ0n) is 23.6. The summed E-state index contributed by atoms with van der Waals surface area (Å²) in [5.74, 6) is -1.59. The lowest BCUT2D eigenvalue weighted by Gasteiger charge is -2.39. The Morgan fingerprint density at radius 2 is 1.90 bits per heavy atom. The minimum absolute atomic E-state index is 0.00568. The first-order valence-electron chi connectivity index (χ1n) is 14.1. The van der Waals surface area contributed by atoms with Crippen LogP contribution in [0.5, 0.6) is 0 Å². The van der Waals surface area contributed by atoms with Gasteiger partial charge in [-0.25, -0.2) is 4.39 Å². The summed E-state index contributed by atoms with van der Waals surface area (Å²) in [5, 5.41) is 3.52. The summed E-state index contributed by atoms with van der Waals surface area (Å²) in [7, 11) is 1.91. The monoisotopic (exact) mass is 589 g/mol. The molecule has 216 valence electrons. The molecule has 5 rings (SSSR count). The maximum absolute atomic E-state index is 15.9. The molecular weight excluding hydrogens is 552 g/mol. The first-order chi connectivity index (χ1) is 18.9. The number of ketones is 1. The second-order valence-electron chi connectivity index (χ2n) is 12.5. The summed E-state index contributed by atoms with van der Waals surface area (Å²) in [5.41, 5.74) is 0.263. The van der Waals surface area contributed by atoms with Crippen molar-refractivity contribution in [1.82, 2.24) is 9.80 Å². The van der Waals surface area contributed by atoms with Crippen molar-refractivity contribution in [3.05, 3.63) is 63.4 Å². The van der Waals surface area contributed by atoms with Crippen molar-refractivity contribution < 1.29 is 18.7 Å². The quantitative estimate of drug-likeness (QED) is 0.435. The molecule has 40 heavy (non-hydrogen) atoms. The Labute approximate surface area is 246 Å². The maximum Gasteiger partial charge on any atom is 0.237 e. The van der Waals surface area contributed by atoms with Crippen molar-refractivity contribution >= 4 is 40.6 Å².